The standard InChI is InChI=1S/C18H25BrN2/c19-15-6-7-17-14(10-15)5-8-18(17)21(11-13-3-4-13)12-16-2-1-9-20-16/h6-7,10,13,16,18,20H,1-5,8-9,11-12H2. The average Bonchev–Trinajstić information content (AvgIpc) is 2.99. The highest BCUT2D eigenvalue weighted by Crippen LogP contribution is 2.40. The Bertz CT molecular complexity index is 506. The molecule has 21 heavy (non-hydrogen) atoms. The summed E-state index contributed by atoms with van der Waals surface area (Å²) in [4.78, 5) is 2.81. The smallest absolute Gasteiger partial charge is 0.0354 e. The van der Waals surface area contributed by atoms with Crippen molar-refractivity contribution in [3.8, 4) is 0 Å². The molecular formula is C18H25BrN2. The van der Waals surface area contributed by atoms with E-state index in [4.69, 9.17) is 0 Å². The van der Waals surface area contributed by atoms with E-state index in [1.165, 1.54) is 62.6 Å². The number of nitrogens with zero attached hydrogens (tertiary/aromatic N) is 1. The van der Waals surface area contributed by atoms with Crippen LogP contribution < -0.4 is 5.32 Å². The Balaban J connectivity index is 1.52. The molecule has 1 saturated carbocycles. The minimum absolute atomic E-state index is 0.663. The number of fused-ring (bicyclic) bond motifs is 1. The highest BCUT2D eigenvalue weighted by molar-refractivity contribution is 9.10. The number of benzene rings is 1. The first-order chi connectivity index (χ1) is 10.3. The number of hydrogen-bond acceptors (Lipinski definition) is 2. The van der Waals surface area contributed by atoms with Crippen molar-refractivity contribution in [3.05, 3.63) is 33.8 Å². The lowest BCUT2D eigenvalue weighted by Crippen LogP contribution is -2.40. The summed E-state index contributed by atoms with van der Waals surface area (Å²) in [6, 6.07) is 8.30. The Kier molecular flexibility index (Phi) is 4.08. The largest absolute Gasteiger partial charge is 0.313 e. The summed E-state index contributed by atoms with van der Waals surface area (Å²) in [7, 11) is 0. The van der Waals surface area contributed by atoms with Gasteiger partial charge in [0.2, 0.25) is 0 Å². The average molecular weight is 349 g/mol. The molecule has 1 N–H and O–H groups in total. The van der Waals surface area contributed by atoms with Gasteiger partial charge in [-0.3, -0.25) is 4.90 Å². The zero-order chi connectivity index (χ0) is 14.2. The molecule has 2 nitrogen and oxygen atoms in total. The van der Waals surface area contributed by atoms with Gasteiger partial charge in [-0.25, -0.2) is 0 Å². The van der Waals surface area contributed by atoms with Crippen LogP contribution in [0, 0.1) is 5.92 Å². The van der Waals surface area contributed by atoms with E-state index >= 15 is 0 Å². The molecule has 3 heteroatoms. The van der Waals surface area contributed by atoms with Crippen molar-refractivity contribution < 1.29 is 0 Å². The lowest BCUT2D eigenvalue weighted by atomic mass is 10.1. The molecule has 1 heterocycles. The van der Waals surface area contributed by atoms with Crippen LogP contribution >= 0.6 is 15.9 Å². The lowest BCUT2D eigenvalue weighted by molar-refractivity contribution is 0.172. The van der Waals surface area contributed by atoms with E-state index in [0.29, 0.717) is 6.04 Å². The zero-order valence-corrected chi connectivity index (χ0v) is 14.2. The van der Waals surface area contributed by atoms with Crippen molar-refractivity contribution in [1.29, 1.82) is 0 Å². The van der Waals surface area contributed by atoms with Crippen LogP contribution in [0.4, 0.5) is 0 Å². The molecule has 0 radical (unpaired) electrons. The molecule has 2 fully saturated rings. The van der Waals surface area contributed by atoms with Gasteiger partial charge in [-0.1, -0.05) is 22.0 Å². The Hall–Kier alpha value is -0.380. The first kappa shape index (κ1) is 14.2. The lowest BCUT2D eigenvalue weighted by Gasteiger charge is -2.32. The molecule has 1 aromatic carbocycles. The van der Waals surface area contributed by atoms with Crippen LogP contribution in [-0.2, 0) is 6.42 Å². The SMILES string of the molecule is Brc1ccc2c(c1)CCC2N(CC1CC1)CC1CCCN1. The zero-order valence-electron chi connectivity index (χ0n) is 12.7. The molecule has 0 bridgehead atoms. The quantitative estimate of drug-likeness (QED) is 0.867. The summed E-state index contributed by atoms with van der Waals surface area (Å²) in [5.41, 5.74) is 3.16. The fourth-order valence-corrected chi connectivity index (χ4v) is 4.51. The minimum Gasteiger partial charge on any atom is -0.313 e. The molecule has 1 aromatic rings. The van der Waals surface area contributed by atoms with Crippen molar-refractivity contribution in [2.45, 2.75) is 50.6 Å². The van der Waals surface area contributed by atoms with Crippen LogP contribution in [-0.4, -0.2) is 30.6 Å². The second-order valence-electron chi connectivity index (χ2n) is 7.09. The van der Waals surface area contributed by atoms with Crippen LogP contribution in [0.15, 0.2) is 22.7 Å². The molecule has 4 rings (SSSR count). The van der Waals surface area contributed by atoms with Crippen molar-refractivity contribution in [3.63, 3.8) is 0 Å². The third-order valence-corrected chi connectivity index (χ3v) is 5.89. The van der Waals surface area contributed by atoms with E-state index in [1.807, 2.05) is 0 Å². The van der Waals surface area contributed by atoms with Gasteiger partial charge in [0.05, 0.1) is 0 Å². The van der Waals surface area contributed by atoms with Crippen molar-refractivity contribution in [2.24, 2.45) is 5.92 Å². The first-order valence-electron chi connectivity index (χ1n) is 8.55. The normalized spacial score (nSPS) is 28.3. The number of nitrogens with one attached hydrogen (secondary N) is 1. The third-order valence-electron chi connectivity index (χ3n) is 5.40. The van der Waals surface area contributed by atoms with E-state index in [-0.39, 0.29) is 0 Å². The Morgan fingerprint density at radius 2 is 2.05 bits per heavy atom. The Morgan fingerprint density at radius 3 is 2.81 bits per heavy atom. The van der Waals surface area contributed by atoms with E-state index < -0.39 is 0 Å². The van der Waals surface area contributed by atoms with Crippen LogP contribution in [0.3, 0.4) is 0 Å². The molecule has 2 unspecified atom stereocenters. The molecule has 114 valence electrons. The second-order valence-corrected chi connectivity index (χ2v) is 8.00. The van der Waals surface area contributed by atoms with E-state index in [9.17, 15) is 0 Å². The van der Waals surface area contributed by atoms with Crippen molar-refractivity contribution in [2.75, 3.05) is 19.6 Å². The third kappa shape index (κ3) is 3.20. The highest BCUT2D eigenvalue weighted by Gasteiger charge is 2.33. The highest BCUT2D eigenvalue weighted by atomic mass is 79.9. The predicted octanol–water partition coefficient (Wildman–Crippen LogP) is 3.90. The van der Waals surface area contributed by atoms with Crippen molar-refractivity contribution in [1.82, 2.24) is 10.2 Å². The fraction of sp³-hybridized carbons (Fsp3) is 0.667. The molecule has 1 saturated heterocycles. The molecule has 2 atom stereocenters. The maximum Gasteiger partial charge on any atom is 0.0354 e. The van der Waals surface area contributed by atoms with Gasteiger partial charge in [0.1, 0.15) is 0 Å². The van der Waals surface area contributed by atoms with Gasteiger partial charge in [-0.05, 0) is 74.2 Å². The van der Waals surface area contributed by atoms with E-state index in [0.717, 1.165) is 12.0 Å². The molecule has 2 aliphatic carbocycles. The van der Waals surface area contributed by atoms with Gasteiger partial charge in [0, 0.05) is 29.6 Å². The van der Waals surface area contributed by atoms with E-state index in [2.05, 4.69) is 44.3 Å². The summed E-state index contributed by atoms with van der Waals surface area (Å²) in [5, 5.41) is 3.69. The monoisotopic (exact) mass is 348 g/mol. The molecule has 0 amide bonds. The fourth-order valence-electron chi connectivity index (χ4n) is 4.10. The van der Waals surface area contributed by atoms with Gasteiger partial charge < -0.3 is 5.32 Å². The molecule has 0 aromatic heterocycles. The predicted molar refractivity (Wildman–Crippen MR) is 90.5 cm³/mol. The van der Waals surface area contributed by atoms with Crippen LogP contribution in [0.25, 0.3) is 0 Å². The van der Waals surface area contributed by atoms with Gasteiger partial charge in [-0.15, -0.1) is 0 Å². The van der Waals surface area contributed by atoms with Crippen LogP contribution in [0.5, 0.6) is 0 Å². The number of halogens is 1. The van der Waals surface area contributed by atoms with Crippen LogP contribution in [0.2, 0.25) is 0 Å². The topological polar surface area (TPSA) is 15.3 Å². The first-order valence-corrected chi connectivity index (χ1v) is 9.34. The van der Waals surface area contributed by atoms with Gasteiger partial charge in [0.15, 0.2) is 0 Å². The summed E-state index contributed by atoms with van der Waals surface area (Å²) >= 11 is 3.62. The van der Waals surface area contributed by atoms with Crippen LogP contribution in [0.1, 0.15) is 49.3 Å². The Labute approximate surface area is 136 Å². The number of rotatable bonds is 5. The van der Waals surface area contributed by atoms with Gasteiger partial charge in [0.25, 0.3) is 0 Å². The Morgan fingerprint density at radius 1 is 1.14 bits per heavy atom. The van der Waals surface area contributed by atoms with Crippen molar-refractivity contribution >= 4 is 15.9 Å². The molecule has 3 aliphatic rings. The summed E-state index contributed by atoms with van der Waals surface area (Å²) in [6.07, 6.45) is 8.18. The molecular weight excluding hydrogens is 324 g/mol. The maximum absolute atomic E-state index is 3.69. The van der Waals surface area contributed by atoms with E-state index in [1.54, 1.807) is 11.1 Å². The summed E-state index contributed by atoms with van der Waals surface area (Å²) in [5.74, 6) is 0.978. The summed E-state index contributed by atoms with van der Waals surface area (Å²) in [6.45, 7) is 3.78. The maximum atomic E-state index is 3.69. The molecule has 1 aliphatic heterocycles. The van der Waals surface area contributed by atoms with Gasteiger partial charge in [-0.2, -0.15) is 0 Å². The minimum atomic E-state index is 0.663. The summed E-state index contributed by atoms with van der Waals surface area (Å²) < 4.78 is 1.23. The number of aryl methyl sites for hydroxylation is 1. The van der Waals surface area contributed by atoms with Gasteiger partial charge >= 0.3 is 0 Å². The second kappa shape index (κ2) is 6.02. The number of hydrogen-bond donors (Lipinski definition) is 1. The molecule has 0 spiro atoms.